The average Bonchev–Trinajstić information content (AvgIpc) is 3.02. The highest BCUT2D eigenvalue weighted by molar-refractivity contribution is 7.14. The van der Waals surface area contributed by atoms with Crippen LogP contribution in [0.1, 0.15) is 51.5 Å². The summed E-state index contributed by atoms with van der Waals surface area (Å²) in [6.45, 7) is 5.67. The third-order valence-electron chi connectivity index (χ3n) is 5.03. The van der Waals surface area contributed by atoms with E-state index >= 15 is 0 Å². The Hall–Kier alpha value is -1.65. The molecule has 1 aliphatic rings. The molecule has 0 saturated carbocycles. The van der Waals surface area contributed by atoms with Crippen LogP contribution in [0.3, 0.4) is 0 Å². The lowest BCUT2D eigenvalue weighted by atomic mass is 9.87. The fourth-order valence-electron chi connectivity index (χ4n) is 3.47. The summed E-state index contributed by atoms with van der Waals surface area (Å²) >= 11 is 1.60. The van der Waals surface area contributed by atoms with Crippen molar-refractivity contribution in [1.82, 2.24) is 4.90 Å². The molecular weight excluding hydrogens is 318 g/mol. The number of benzene rings is 1. The quantitative estimate of drug-likeness (QED) is 0.903. The number of hydrogen-bond donors (Lipinski definition) is 1. The van der Waals surface area contributed by atoms with Crippen molar-refractivity contribution in [1.29, 1.82) is 0 Å². The molecule has 1 aromatic heterocycles. The molecule has 1 saturated heterocycles. The van der Waals surface area contributed by atoms with Gasteiger partial charge >= 0.3 is 0 Å². The van der Waals surface area contributed by atoms with E-state index in [0.29, 0.717) is 0 Å². The van der Waals surface area contributed by atoms with Gasteiger partial charge in [-0.05, 0) is 49.3 Å². The molecule has 1 amide bonds. The summed E-state index contributed by atoms with van der Waals surface area (Å²) in [5.41, 5.74) is 2.25. The molecule has 1 N–H and O–H groups in total. The molecule has 1 aliphatic heterocycles. The number of carbonyl (C=O) groups is 1. The molecule has 1 fully saturated rings. The van der Waals surface area contributed by atoms with Gasteiger partial charge in [0.2, 0.25) is 0 Å². The summed E-state index contributed by atoms with van der Waals surface area (Å²) in [7, 11) is 0. The topological polar surface area (TPSA) is 40.5 Å². The summed E-state index contributed by atoms with van der Waals surface area (Å²) < 4.78 is 0. The number of rotatable bonds is 4. The van der Waals surface area contributed by atoms with Gasteiger partial charge in [0.1, 0.15) is 0 Å². The van der Waals surface area contributed by atoms with Crippen LogP contribution in [0.2, 0.25) is 0 Å². The maximum atomic E-state index is 12.7. The van der Waals surface area contributed by atoms with Crippen LogP contribution in [0.15, 0.2) is 36.4 Å². The molecule has 24 heavy (non-hydrogen) atoms. The van der Waals surface area contributed by atoms with Gasteiger partial charge in [-0.2, -0.15) is 0 Å². The number of carbonyl (C=O) groups excluding carboxylic acids is 1. The molecule has 3 rings (SSSR count). The molecule has 3 nitrogen and oxygen atoms in total. The zero-order chi connectivity index (χ0) is 17.1. The highest BCUT2D eigenvalue weighted by Gasteiger charge is 2.29. The van der Waals surface area contributed by atoms with E-state index in [1.54, 1.807) is 11.3 Å². The van der Waals surface area contributed by atoms with E-state index in [1.165, 1.54) is 10.4 Å². The number of piperidine rings is 1. The van der Waals surface area contributed by atoms with Crippen molar-refractivity contribution in [2.24, 2.45) is 5.92 Å². The predicted molar refractivity (Wildman–Crippen MR) is 98.5 cm³/mol. The third-order valence-corrected chi connectivity index (χ3v) is 6.11. The van der Waals surface area contributed by atoms with Gasteiger partial charge in [0, 0.05) is 18.0 Å². The van der Waals surface area contributed by atoms with Crippen LogP contribution in [-0.2, 0) is 6.42 Å². The molecule has 2 aromatic rings. The third kappa shape index (κ3) is 3.55. The summed E-state index contributed by atoms with van der Waals surface area (Å²) in [6, 6.07) is 11.9. The van der Waals surface area contributed by atoms with Crippen molar-refractivity contribution < 1.29 is 9.90 Å². The second-order valence-electron chi connectivity index (χ2n) is 6.53. The van der Waals surface area contributed by atoms with Crippen LogP contribution in [0.5, 0.6) is 0 Å². The smallest absolute Gasteiger partial charge is 0.263 e. The number of aliphatic hydroxyl groups is 1. The number of likely N-dealkylation sites (tertiary alicyclic amines) is 1. The second-order valence-corrected chi connectivity index (χ2v) is 7.79. The molecule has 2 heterocycles. The Balaban J connectivity index is 1.61. The Kier molecular flexibility index (Phi) is 5.36. The van der Waals surface area contributed by atoms with E-state index in [2.05, 4.69) is 13.8 Å². The molecule has 0 spiro atoms. The highest BCUT2D eigenvalue weighted by Crippen LogP contribution is 2.32. The van der Waals surface area contributed by atoms with Crippen LogP contribution in [0.25, 0.3) is 0 Å². The van der Waals surface area contributed by atoms with Gasteiger partial charge in [-0.15, -0.1) is 11.3 Å². The van der Waals surface area contributed by atoms with Crippen LogP contribution >= 0.6 is 11.3 Å². The van der Waals surface area contributed by atoms with Crippen molar-refractivity contribution >= 4 is 17.2 Å². The van der Waals surface area contributed by atoms with Crippen molar-refractivity contribution in [2.45, 2.75) is 39.2 Å². The number of aliphatic hydroxyl groups excluding tert-OH is 1. The summed E-state index contributed by atoms with van der Waals surface area (Å²) in [4.78, 5) is 16.7. The lowest BCUT2D eigenvalue weighted by Gasteiger charge is -2.34. The summed E-state index contributed by atoms with van der Waals surface area (Å²) in [5.74, 6) is 0.378. The zero-order valence-electron chi connectivity index (χ0n) is 14.4. The van der Waals surface area contributed by atoms with E-state index < -0.39 is 6.10 Å². The van der Waals surface area contributed by atoms with E-state index in [4.69, 9.17) is 0 Å². The monoisotopic (exact) mass is 343 g/mol. The average molecular weight is 343 g/mol. The standard InChI is InChI=1S/C20H25NO2S/c1-3-15-13-18(24-14(15)2)20(23)21-11-9-17(10-12-21)19(22)16-7-5-4-6-8-16/h4-8,13,17,19,22H,3,9-12H2,1-2H3/t19-/m0/s1. The van der Waals surface area contributed by atoms with Gasteiger partial charge < -0.3 is 10.0 Å². The van der Waals surface area contributed by atoms with Gasteiger partial charge in [0.25, 0.3) is 5.91 Å². The molecule has 0 radical (unpaired) electrons. The Morgan fingerprint density at radius 2 is 1.96 bits per heavy atom. The molecule has 0 unspecified atom stereocenters. The van der Waals surface area contributed by atoms with Gasteiger partial charge in [-0.3, -0.25) is 4.79 Å². The lowest BCUT2D eigenvalue weighted by molar-refractivity contribution is 0.0465. The molecule has 4 heteroatoms. The number of hydrogen-bond acceptors (Lipinski definition) is 3. The summed E-state index contributed by atoms with van der Waals surface area (Å²) in [5, 5.41) is 10.6. The Labute approximate surface area is 147 Å². The number of amides is 1. The predicted octanol–water partition coefficient (Wildman–Crippen LogP) is 4.20. The lowest BCUT2D eigenvalue weighted by Crippen LogP contribution is -2.39. The zero-order valence-corrected chi connectivity index (χ0v) is 15.2. The first kappa shape index (κ1) is 17.2. The highest BCUT2D eigenvalue weighted by atomic mass is 32.1. The Morgan fingerprint density at radius 1 is 1.29 bits per heavy atom. The Bertz CT molecular complexity index is 687. The minimum absolute atomic E-state index is 0.149. The van der Waals surface area contributed by atoms with E-state index in [9.17, 15) is 9.90 Å². The normalized spacial score (nSPS) is 17.0. The van der Waals surface area contributed by atoms with Crippen molar-refractivity contribution in [3.05, 3.63) is 57.3 Å². The van der Waals surface area contributed by atoms with Crippen LogP contribution in [0, 0.1) is 12.8 Å². The maximum Gasteiger partial charge on any atom is 0.263 e. The first-order chi connectivity index (χ1) is 11.6. The first-order valence-electron chi connectivity index (χ1n) is 8.71. The first-order valence-corrected chi connectivity index (χ1v) is 9.53. The molecule has 1 aromatic carbocycles. The van der Waals surface area contributed by atoms with Crippen molar-refractivity contribution in [3.8, 4) is 0 Å². The minimum atomic E-state index is -0.431. The van der Waals surface area contributed by atoms with Gasteiger partial charge in [0.15, 0.2) is 0 Å². The Morgan fingerprint density at radius 3 is 2.54 bits per heavy atom. The number of thiophene rings is 1. The molecule has 0 aliphatic carbocycles. The number of aryl methyl sites for hydroxylation is 2. The van der Waals surface area contributed by atoms with Crippen molar-refractivity contribution in [3.63, 3.8) is 0 Å². The SMILES string of the molecule is CCc1cc(C(=O)N2CCC([C@@H](O)c3ccccc3)CC2)sc1C. The van der Waals surface area contributed by atoms with Crippen molar-refractivity contribution in [2.75, 3.05) is 13.1 Å². The van der Waals surface area contributed by atoms with E-state index in [0.717, 1.165) is 42.8 Å². The second kappa shape index (κ2) is 7.49. The van der Waals surface area contributed by atoms with Gasteiger partial charge in [0.05, 0.1) is 11.0 Å². The van der Waals surface area contributed by atoms with Gasteiger partial charge in [-0.25, -0.2) is 0 Å². The molecule has 128 valence electrons. The fraction of sp³-hybridized carbons (Fsp3) is 0.450. The van der Waals surface area contributed by atoms with Gasteiger partial charge in [-0.1, -0.05) is 37.3 Å². The summed E-state index contributed by atoms with van der Waals surface area (Å²) in [6.07, 6.45) is 2.25. The fourth-order valence-corrected chi connectivity index (χ4v) is 4.55. The largest absolute Gasteiger partial charge is 0.388 e. The van der Waals surface area contributed by atoms with Crippen LogP contribution < -0.4 is 0 Å². The molecule has 1 atom stereocenters. The molecular formula is C20H25NO2S. The van der Waals surface area contributed by atoms with E-state index in [-0.39, 0.29) is 11.8 Å². The van der Waals surface area contributed by atoms with E-state index in [1.807, 2.05) is 41.3 Å². The molecule has 0 bridgehead atoms. The minimum Gasteiger partial charge on any atom is -0.388 e. The maximum absolute atomic E-state index is 12.7. The van der Waals surface area contributed by atoms with Crippen LogP contribution in [0.4, 0.5) is 0 Å². The number of nitrogens with zero attached hydrogens (tertiary/aromatic N) is 1. The van der Waals surface area contributed by atoms with Crippen LogP contribution in [-0.4, -0.2) is 29.0 Å².